The van der Waals surface area contributed by atoms with E-state index in [1.807, 2.05) is 6.20 Å². The maximum Gasteiger partial charge on any atom is 0.0413 e. The Morgan fingerprint density at radius 3 is 2.53 bits per heavy atom. The number of hydrogen-bond acceptors (Lipinski definition) is 1. The predicted octanol–water partition coefficient (Wildman–Crippen LogP) is 5.37. The first-order valence-electron chi connectivity index (χ1n) is 6.32. The van der Waals surface area contributed by atoms with E-state index in [9.17, 15) is 0 Å². The van der Waals surface area contributed by atoms with Crippen LogP contribution in [0.3, 0.4) is 0 Å². The van der Waals surface area contributed by atoms with E-state index in [4.69, 9.17) is 0 Å². The van der Waals surface area contributed by atoms with E-state index in [0.29, 0.717) is 5.41 Å². The standard InChI is InChI=1S/C14H21Br2N/c1-3-5-8-14(4-2,11-15)9-13-7-6-12(16)10-17-13/h6-7,10H,3-5,8-9,11H2,1-2H3. The summed E-state index contributed by atoms with van der Waals surface area (Å²) in [6.07, 6.45) is 8.02. The molecule has 0 radical (unpaired) electrons. The fourth-order valence-electron chi connectivity index (χ4n) is 2.05. The molecule has 1 rings (SSSR count). The van der Waals surface area contributed by atoms with E-state index in [1.54, 1.807) is 0 Å². The molecule has 17 heavy (non-hydrogen) atoms. The summed E-state index contributed by atoms with van der Waals surface area (Å²) in [4.78, 5) is 4.50. The lowest BCUT2D eigenvalue weighted by molar-refractivity contribution is 0.281. The lowest BCUT2D eigenvalue weighted by Gasteiger charge is -2.30. The summed E-state index contributed by atoms with van der Waals surface area (Å²) in [7, 11) is 0. The lowest BCUT2D eigenvalue weighted by Crippen LogP contribution is -2.25. The van der Waals surface area contributed by atoms with Crippen molar-refractivity contribution in [3.05, 3.63) is 28.5 Å². The molecule has 1 aromatic heterocycles. The first kappa shape index (κ1) is 15.2. The Morgan fingerprint density at radius 2 is 2.06 bits per heavy atom. The van der Waals surface area contributed by atoms with Gasteiger partial charge in [0.25, 0.3) is 0 Å². The molecule has 0 N–H and O–H groups in total. The summed E-state index contributed by atoms with van der Waals surface area (Å²) >= 11 is 7.13. The normalized spacial score (nSPS) is 14.6. The van der Waals surface area contributed by atoms with Gasteiger partial charge in [-0.05, 0) is 52.7 Å². The van der Waals surface area contributed by atoms with Crippen LogP contribution in [-0.2, 0) is 6.42 Å². The highest BCUT2D eigenvalue weighted by molar-refractivity contribution is 9.10. The Morgan fingerprint density at radius 1 is 1.29 bits per heavy atom. The maximum absolute atomic E-state index is 4.50. The van der Waals surface area contributed by atoms with E-state index in [1.165, 1.54) is 31.4 Å². The van der Waals surface area contributed by atoms with Gasteiger partial charge in [-0.1, -0.05) is 42.6 Å². The van der Waals surface area contributed by atoms with Gasteiger partial charge < -0.3 is 0 Å². The molecule has 0 aliphatic rings. The number of aromatic nitrogens is 1. The number of alkyl halides is 1. The first-order valence-corrected chi connectivity index (χ1v) is 8.23. The van der Waals surface area contributed by atoms with Gasteiger partial charge in [0.05, 0.1) is 0 Å². The molecular formula is C14H21Br2N. The first-order chi connectivity index (χ1) is 8.15. The second-order valence-electron chi connectivity index (χ2n) is 4.74. The second kappa shape index (κ2) is 7.52. The van der Waals surface area contributed by atoms with Gasteiger partial charge in [-0.3, -0.25) is 4.98 Å². The smallest absolute Gasteiger partial charge is 0.0413 e. The zero-order valence-corrected chi connectivity index (χ0v) is 13.8. The predicted molar refractivity (Wildman–Crippen MR) is 81.7 cm³/mol. The topological polar surface area (TPSA) is 12.9 Å². The molecule has 0 spiro atoms. The van der Waals surface area contributed by atoms with E-state index < -0.39 is 0 Å². The van der Waals surface area contributed by atoms with Crippen molar-refractivity contribution in [3.8, 4) is 0 Å². The average Bonchev–Trinajstić information content (AvgIpc) is 2.37. The van der Waals surface area contributed by atoms with Crippen molar-refractivity contribution in [2.45, 2.75) is 46.0 Å². The second-order valence-corrected chi connectivity index (χ2v) is 6.21. The molecule has 0 fully saturated rings. The van der Waals surface area contributed by atoms with Crippen LogP contribution in [0.2, 0.25) is 0 Å². The van der Waals surface area contributed by atoms with Crippen LogP contribution in [0.5, 0.6) is 0 Å². The summed E-state index contributed by atoms with van der Waals surface area (Å²) in [6, 6.07) is 4.21. The SMILES string of the molecule is CCCCC(CC)(CBr)Cc1ccc(Br)cn1. The summed E-state index contributed by atoms with van der Waals surface area (Å²) in [5, 5.41) is 1.06. The van der Waals surface area contributed by atoms with E-state index in [0.717, 1.165) is 16.2 Å². The monoisotopic (exact) mass is 361 g/mol. The molecule has 1 unspecified atom stereocenters. The number of rotatable bonds is 7. The van der Waals surface area contributed by atoms with Crippen LogP contribution in [0.1, 0.15) is 45.2 Å². The highest BCUT2D eigenvalue weighted by atomic mass is 79.9. The molecule has 1 nitrogen and oxygen atoms in total. The largest absolute Gasteiger partial charge is 0.260 e. The van der Waals surface area contributed by atoms with Gasteiger partial charge in [0.15, 0.2) is 0 Å². The molecule has 1 heterocycles. The molecule has 3 heteroatoms. The van der Waals surface area contributed by atoms with Crippen LogP contribution in [0.25, 0.3) is 0 Å². The highest BCUT2D eigenvalue weighted by Gasteiger charge is 2.27. The Bertz CT molecular complexity index is 317. The van der Waals surface area contributed by atoms with Gasteiger partial charge in [-0.25, -0.2) is 0 Å². The van der Waals surface area contributed by atoms with Crippen molar-refractivity contribution in [2.75, 3.05) is 5.33 Å². The van der Waals surface area contributed by atoms with Gasteiger partial charge >= 0.3 is 0 Å². The van der Waals surface area contributed by atoms with E-state index in [-0.39, 0.29) is 0 Å². The van der Waals surface area contributed by atoms with Crippen LogP contribution in [-0.4, -0.2) is 10.3 Å². The summed E-state index contributed by atoms with van der Waals surface area (Å²) in [5.74, 6) is 0. The van der Waals surface area contributed by atoms with Gasteiger partial charge in [0.2, 0.25) is 0 Å². The van der Waals surface area contributed by atoms with Crippen LogP contribution < -0.4 is 0 Å². The fraction of sp³-hybridized carbons (Fsp3) is 0.643. The quantitative estimate of drug-likeness (QED) is 0.594. The van der Waals surface area contributed by atoms with Crippen LogP contribution in [0.4, 0.5) is 0 Å². The summed E-state index contributed by atoms with van der Waals surface area (Å²) in [6.45, 7) is 4.54. The Labute approximate surface area is 122 Å². The fourth-order valence-corrected chi connectivity index (χ4v) is 3.16. The number of unbranched alkanes of at least 4 members (excludes halogenated alkanes) is 1. The molecule has 1 aromatic rings. The summed E-state index contributed by atoms with van der Waals surface area (Å²) in [5.41, 5.74) is 1.57. The van der Waals surface area contributed by atoms with Crippen molar-refractivity contribution in [1.29, 1.82) is 0 Å². The molecule has 96 valence electrons. The van der Waals surface area contributed by atoms with Crippen molar-refractivity contribution in [3.63, 3.8) is 0 Å². The average molecular weight is 363 g/mol. The van der Waals surface area contributed by atoms with E-state index >= 15 is 0 Å². The van der Waals surface area contributed by atoms with Crippen molar-refractivity contribution < 1.29 is 0 Å². The van der Waals surface area contributed by atoms with Gasteiger partial charge in [-0.15, -0.1) is 0 Å². The zero-order chi connectivity index (χ0) is 12.7. The molecule has 1 atom stereocenters. The number of halogens is 2. The molecule has 0 aromatic carbocycles. The molecule has 0 aliphatic carbocycles. The minimum absolute atomic E-state index is 0.372. The third-order valence-corrected chi connectivity index (χ3v) is 5.10. The number of hydrogen-bond donors (Lipinski definition) is 0. The van der Waals surface area contributed by atoms with Gasteiger partial charge in [0, 0.05) is 21.7 Å². The Balaban J connectivity index is 2.74. The number of nitrogens with zero attached hydrogens (tertiary/aromatic N) is 1. The minimum Gasteiger partial charge on any atom is -0.260 e. The molecule has 0 saturated carbocycles. The van der Waals surface area contributed by atoms with Crippen LogP contribution in [0, 0.1) is 5.41 Å². The van der Waals surface area contributed by atoms with E-state index in [2.05, 4.69) is 62.8 Å². The molecule has 0 amide bonds. The summed E-state index contributed by atoms with van der Waals surface area (Å²) < 4.78 is 1.05. The third kappa shape index (κ3) is 4.70. The third-order valence-electron chi connectivity index (χ3n) is 3.44. The molecule has 0 aliphatic heterocycles. The number of pyridine rings is 1. The van der Waals surface area contributed by atoms with Crippen LogP contribution in [0.15, 0.2) is 22.8 Å². The lowest BCUT2D eigenvalue weighted by atomic mass is 9.78. The maximum atomic E-state index is 4.50. The molecule has 0 bridgehead atoms. The zero-order valence-electron chi connectivity index (χ0n) is 10.7. The van der Waals surface area contributed by atoms with Gasteiger partial charge in [0.1, 0.15) is 0 Å². The van der Waals surface area contributed by atoms with Crippen molar-refractivity contribution in [2.24, 2.45) is 5.41 Å². The van der Waals surface area contributed by atoms with Crippen LogP contribution >= 0.6 is 31.9 Å². The highest BCUT2D eigenvalue weighted by Crippen LogP contribution is 2.34. The molecule has 0 saturated heterocycles. The van der Waals surface area contributed by atoms with Crippen molar-refractivity contribution >= 4 is 31.9 Å². The van der Waals surface area contributed by atoms with Gasteiger partial charge in [-0.2, -0.15) is 0 Å². The molecular weight excluding hydrogens is 342 g/mol. The van der Waals surface area contributed by atoms with Crippen molar-refractivity contribution in [1.82, 2.24) is 4.98 Å². The Kier molecular flexibility index (Phi) is 6.71. The minimum atomic E-state index is 0.372. The Hall–Kier alpha value is 0.110.